The Labute approximate surface area is 184 Å². The largest absolute Gasteiger partial charge is 0.467 e. The van der Waals surface area contributed by atoms with Gasteiger partial charge in [-0.05, 0) is 19.1 Å². The van der Waals surface area contributed by atoms with E-state index in [0.717, 1.165) is 21.3 Å². The molecule has 168 valence electrons. The number of hydrogen-bond donors (Lipinski definition) is 0. The first-order valence-electron chi connectivity index (χ1n) is 9.55. The van der Waals surface area contributed by atoms with E-state index in [0.29, 0.717) is 17.1 Å². The number of nitrogens with zero attached hydrogens (tertiary/aromatic N) is 2. The molecule has 3 rings (SSSR count). The molecule has 10 nitrogen and oxygen atoms in total. The molecule has 0 bridgehead atoms. The summed E-state index contributed by atoms with van der Waals surface area (Å²) in [4.78, 5) is 57.6. The molecule has 0 fully saturated rings. The van der Waals surface area contributed by atoms with Gasteiger partial charge in [0.25, 0.3) is 0 Å². The molecule has 32 heavy (non-hydrogen) atoms. The van der Waals surface area contributed by atoms with Crippen molar-refractivity contribution in [1.82, 2.24) is 0 Å². The first kappa shape index (κ1) is 22.7. The number of esters is 4. The average Bonchev–Trinajstić information content (AvgIpc) is 2.97. The molecule has 2 aliphatic heterocycles. The third-order valence-electron chi connectivity index (χ3n) is 5.19. The molecule has 10 heteroatoms. The number of aliphatic imine (C=N–C) groups is 1. The number of allylic oxidation sites excluding steroid dienone is 1. The van der Waals surface area contributed by atoms with Gasteiger partial charge in [-0.15, -0.1) is 0 Å². The molecule has 1 aromatic rings. The number of benzene rings is 1. The van der Waals surface area contributed by atoms with Crippen molar-refractivity contribution in [3.8, 4) is 0 Å². The van der Waals surface area contributed by atoms with Crippen LogP contribution in [0.2, 0.25) is 0 Å². The molecule has 0 saturated carbocycles. The van der Waals surface area contributed by atoms with Gasteiger partial charge in [0.05, 0.1) is 62.4 Å². The van der Waals surface area contributed by atoms with E-state index in [1.165, 1.54) is 12.0 Å². The molecule has 0 radical (unpaired) electrons. The number of hydrogen-bond acceptors (Lipinski definition) is 10. The van der Waals surface area contributed by atoms with Gasteiger partial charge in [-0.3, -0.25) is 0 Å². The Bertz CT molecular complexity index is 1100. The van der Waals surface area contributed by atoms with Gasteiger partial charge in [0.1, 0.15) is 11.6 Å². The van der Waals surface area contributed by atoms with E-state index < -0.39 is 29.9 Å². The molecule has 1 atom stereocenters. The maximum Gasteiger partial charge on any atom is 0.340 e. The van der Waals surface area contributed by atoms with Gasteiger partial charge in [-0.1, -0.05) is 12.1 Å². The van der Waals surface area contributed by atoms with Crippen LogP contribution in [0.25, 0.3) is 0 Å². The summed E-state index contributed by atoms with van der Waals surface area (Å²) in [5.74, 6) is -3.46. The summed E-state index contributed by atoms with van der Waals surface area (Å²) >= 11 is 0. The highest BCUT2D eigenvalue weighted by molar-refractivity contribution is 6.20. The normalized spacial score (nSPS) is 17.5. The fourth-order valence-electron chi connectivity index (χ4n) is 3.83. The number of para-hydroxylation sites is 2. The lowest BCUT2D eigenvalue weighted by Gasteiger charge is -2.36. The van der Waals surface area contributed by atoms with Gasteiger partial charge in [0.2, 0.25) is 0 Å². The van der Waals surface area contributed by atoms with Crippen molar-refractivity contribution >= 4 is 41.0 Å². The minimum absolute atomic E-state index is 0.130. The summed E-state index contributed by atoms with van der Waals surface area (Å²) in [6, 6.07) is 5.84. The van der Waals surface area contributed by atoms with Crippen LogP contribution in [-0.2, 0) is 38.1 Å². The Balaban J connectivity index is 2.51. The molecule has 1 aromatic carbocycles. The summed E-state index contributed by atoms with van der Waals surface area (Å²) in [6.45, 7) is 1.62. The van der Waals surface area contributed by atoms with Crippen LogP contribution >= 0.6 is 0 Å². The van der Waals surface area contributed by atoms with Crippen LogP contribution in [-0.4, -0.2) is 64.1 Å². The van der Waals surface area contributed by atoms with Crippen molar-refractivity contribution in [3.63, 3.8) is 0 Å². The summed E-state index contributed by atoms with van der Waals surface area (Å²) in [5.41, 5.74) is 0.639. The van der Waals surface area contributed by atoms with Crippen LogP contribution in [0.15, 0.2) is 51.7 Å². The van der Waals surface area contributed by atoms with Crippen LogP contribution < -0.4 is 4.90 Å². The lowest BCUT2D eigenvalue weighted by Crippen LogP contribution is -2.45. The van der Waals surface area contributed by atoms with Crippen LogP contribution in [0.4, 0.5) is 11.4 Å². The third kappa shape index (κ3) is 3.64. The molecular weight excluding hydrogens is 420 g/mol. The number of methoxy groups -OCH3 is 4. The maximum absolute atomic E-state index is 13.0. The second-order valence-corrected chi connectivity index (χ2v) is 6.85. The number of rotatable bonds is 4. The third-order valence-corrected chi connectivity index (χ3v) is 5.19. The molecule has 2 aliphatic rings. The zero-order valence-corrected chi connectivity index (χ0v) is 18.3. The minimum atomic E-state index is -1.11. The van der Waals surface area contributed by atoms with Crippen molar-refractivity contribution in [1.29, 1.82) is 0 Å². The quantitative estimate of drug-likeness (QED) is 0.506. The van der Waals surface area contributed by atoms with E-state index >= 15 is 0 Å². The number of ether oxygens (including phenoxy) is 4. The predicted molar refractivity (Wildman–Crippen MR) is 112 cm³/mol. The van der Waals surface area contributed by atoms with Crippen molar-refractivity contribution in [2.45, 2.75) is 19.4 Å². The highest BCUT2D eigenvalue weighted by atomic mass is 16.5. The Morgan fingerprint density at radius 2 is 1.47 bits per heavy atom. The van der Waals surface area contributed by atoms with Crippen LogP contribution in [0, 0.1) is 0 Å². The van der Waals surface area contributed by atoms with Gasteiger partial charge in [-0.2, -0.15) is 0 Å². The fourth-order valence-corrected chi connectivity index (χ4v) is 3.83. The van der Waals surface area contributed by atoms with Crippen molar-refractivity contribution in [2.75, 3.05) is 33.3 Å². The molecule has 0 amide bonds. The van der Waals surface area contributed by atoms with Crippen molar-refractivity contribution in [2.24, 2.45) is 4.99 Å². The molecule has 0 aliphatic carbocycles. The Hall–Kier alpha value is -3.95. The predicted octanol–water partition coefficient (Wildman–Crippen LogP) is 1.61. The number of carbonyl (C=O) groups excluding carboxylic acids is 4. The van der Waals surface area contributed by atoms with E-state index in [1.807, 2.05) is 0 Å². The van der Waals surface area contributed by atoms with Gasteiger partial charge in [0, 0.05) is 6.42 Å². The summed E-state index contributed by atoms with van der Waals surface area (Å²) in [7, 11) is 4.58. The van der Waals surface area contributed by atoms with Gasteiger partial charge in [0.15, 0.2) is 0 Å². The van der Waals surface area contributed by atoms with Gasteiger partial charge in [-0.25, -0.2) is 24.2 Å². The topological polar surface area (TPSA) is 121 Å². The Morgan fingerprint density at radius 1 is 0.875 bits per heavy atom. The van der Waals surface area contributed by atoms with Crippen molar-refractivity contribution < 1.29 is 38.1 Å². The van der Waals surface area contributed by atoms with Crippen LogP contribution in [0.5, 0.6) is 0 Å². The SMILES string of the molecule is COC(=O)C1=C(C(=O)OC)C(C(=O)OC)=C2C(C)=Nc3ccccc3N2[C@@H](C(=O)OC)C1. The summed E-state index contributed by atoms with van der Waals surface area (Å²) in [5, 5.41) is 0. The first-order chi connectivity index (χ1) is 15.3. The molecule has 0 unspecified atom stereocenters. The van der Waals surface area contributed by atoms with E-state index in [1.54, 1.807) is 31.2 Å². The smallest absolute Gasteiger partial charge is 0.340 e. The summed E-state index contributed by atoms with van der Waals surface area (Å²) < 4.78 is 19.7. The fraction of sp³-hybridized carbons (Fsp3) is 0.318. The first-order valence-corrected chi connectivity index (χ1v) is 9.55. The van der Waals surface area contributed by atoms with Crippen molar-refractivity contribution in [3.05, 3.63) is 46.7 Å². The standard InChI is InChI=1S/C22H22N2O8/c1-11-18-17(22(28)32-5)16(21(27)31-4)12(19(25)29-2)10-15(20(26)30-3)24(18)14-9-7-6-8-13(14)23-11/h6-9,15H,10H2,1-5H3/t15-/m1/s1. The van der Waals surface area contributed by atoms with Gasteiger partial charge >= 0.3 is 23.9 Å². The molecule has 0 saturated heterocycles. The molecule has 2 heterocycles. The summed E-state index contributed by atoms with van der Waals surface area (Å²) in [6.07, 6.45) is -0.296. The number of carbonyl (C=O) groups is 4. The molecular formula is C22H22N2O8. The molecule has 0 N–H and O–H groups in total. The van der Waals surface area contributed by atoms with Crippen LogP contribution in [0.3, 0.4) is 0 Å². The highest BCUT2D eigenvalue weighted by Gasteiger charge is 2.45. The zero-order chi connectivity index (χ0) is 23.6. The van der Waals surface area contributed by atoms with E-state index in [2.05, 4.69) is 4.99 Å². The van der Waals surface area contributed by atoms with E-state index in [4.69, 9.17) is 18.9 Å². The minimum Gasteiger partial charge on any atom is -0.467 e. The Kier molecular flexibility index (Phi) is 6.42. The monoisotopic (exact) mass is 442 g/mol. The second-order valence-electron chi connectivity index (χ2n) is 6.85. The lowest BCUT2D eigenvalue weighted by atomic mass is 9.95. The number of anilines is 1. The lowest BCUT2D eigenvalue weighted by molar-refractivity contribution is -0.142. The zero-order valence-electron chi connectivity index (χ0n) is 18.3. The molecule has 0 spiro atoms. The van der Waals surface area contributed by atoms with E-state index in [9.17, 15) is 19.2 Å². The van der Waals surface area contributed by atoms with E-state index in [-0.39, 0.29) is 28.8 Å². The average molecular weight is 442 g/mol. The maximum atomic E-state index is 13.0. The molecule has 0 aromatic heterocycles. The highest BCUT2D eigenvalue weighted by Crippen LogP contribution is 2.43. The second kappa shape index (κ2) is 9.04. The van der Waals surface area contributed by atoms with Crippen LogP contribution in [0.1, 0.15) is 13.3 Å². The van der Waals surface area contributed by atoms with Gasteiger partial charge < -0.3 is 23.8 Å². The Morgan fingerprint density at radius 3 is 2.06 bits per heavy atom. The number of fused-ring (bicyclic) bond motifs is 3.